The van der Waals surface area contributed by atoms with Gasteiger partial charge in [-0.1, -0.05) is 19.3 Å². The van der Waals surface area contributed by atoms with Crippen molar-refractivity contribution in [1.29, 1.82) is 0 Å². The fourth-order valence-electron chi connectivity index (χ4n) is 3.55. The number of amides is 1. The molecule has 3 rings (SSSR count). The summed E-state index contributed by atoms with van der Waals surface area (Å²) in [5.41, 5.74) is 1.18. The minimum Gasteiger partial charge on any atom is -0.371 e. The third kappa shape index (κ3) is 3.74. The van der Waals surface area contributed by atoms with E-state index in [1.807, 2.05) is 24.5 Å². The van der Waals surface area contributed by atoms with Crippen LogP contribution in [0.5, 0.6) is 0 Å². The first-order valence-electron chi connectivity index (χ1n) is 8.28. The molecule has 2 heterocycles. The number of hydrogen-bond donors (Lipinski definition) is 1. The molecule has 1 aromatic rings. The lowest BCUT2D eigenvalue weighted by Gasteiger charge is -2.34. The molecule has 1 amide bonds. The summed E-state index contributed by atoms with van der Waals surface area (Å²) in [7, 11) is 0. The normalized spacial score (nSPS) is 23.8. The Morgan fingerprint density at radius 3 is 2.62 bits per heavy atom. The molecule has 1 atom stereocenters. The maximum Gasteiger partial charge on any atom is 0.225 e. The average Bonchev–Trinajstić information content (AvgIpc) is 2.57. The Morgan fingerprint density at radius 1 is 1.10 bits per heavy atom. The molecule has 2 fully saturated rings. The highest BCUT2D eigenvalue weighted by Crippen LogP contribution is 2.24. The predicted octanol–water partition coefficient (Wildman–Crippen LogP) is 2.75. The van der Waals surface area contributed by atoms with Crippen LogP contribution in [0.1, 0.15) is 44.9 Å². The lowest BCUT2D eigenvalue weighted by molar-refractivity contribution is -0.126. The van der Waals surface area contributed by atoms with E-state index in [1.165, 1.54) is 24.9 Å². The fraction of sp³-hybridized carbons (Fsp3) is 0.647. The predicted molar refractivity (Wildman–Crippen MR) is 84.2 cm³/mol. The van der Waals surface area contributed by atoms with Gasteiger partial charge < -0.3 is 10.2 Å². The second-order valence-electron chi connectivity index (χ2n) is 6.33. The molecule has 4 nitrogen and oxygen atoms in total. The van der Waals surface area contributed by atoms with Crippen LogP contribution in [-0.4, -0.2) is 30.0 Å². The van der Waals surface area contributed by atoms with Crippen molar-refractivity contribution in [2.24, 2.45) is 5.92 Å². The number of hydrogen-bond acceptors (Lipinski definition) is 3. The maximum atomic E-state index is 12.5. The van der Waals surface area contributed by atoms with Crippen LogP contribution in [0.15, 0.2) is 24.5 Å². The number of nitrogens with one attached hydrogen (secondary N) is 1. The third-order valence-electron chi connectivity index (χ3n) is 4.77. The Labute approximate surface area is 126 Å². The van der Waals surface area contributed by atoms with E-state index < -0.39 is 0 Å². The Kier molecular flexibility index (Phi) is 4.73. The van der Waals surface area contributed by atoms with Crippen molar-refractivity contribution in [3.05, 3.63) is 24.5 Å². The van der Waals surface area contributed by atoms with E-state index in [1.54, 1.807) is 0 Å². The SMILES string of the molecule is O=C(NC1CCCCC1)C1CCCN(c2ccncc2)C1. The molecule has 1 aromatic heterocycles. The number of aromatic nitrogens is 1. The minimum absolute atomic E-state index is 0.133. The summed E-state index contributed by atoms with van der Waals surface area (Å²) >= 11 is 0. The largest absolute Gasteiger partial charge is 0.371 e. The lowest BCUT2D eigenvalue weighted by Crippen LogP contribution is -2.46. The van der Waals surface area contributed by atoms with Crippen molar-refractivity contribution in [1.82, 2.24) is 10.3 Å². The summed E-state index contributed by atoms with van der Waals surface area (Å²) in [5, 5.41) is 3.28. The molecule has 114 valence electrons. The molecule has 21 heavy (non-hydrogen) atoms. The molecule has 1 aliphatic heterocycles. The van der Waals surface area contributed by atoms with Crippen LogP contribution in [-0.2, 0) is 4.79 Å². The second-order valence-corrected chi connectivity index (χ2v) is 6.33. The Morgan fingerprint density at radius 2 is 1.86 bits per heavy atom. The monoisotopic (exact) mass is 287 g/mol. The van der Waals surface area contributed by atoms with Crippen molar-refractivity contribution in [2.75, 3.05) is 18.0 Å². The van der Waals surface area contributed by atoms with Gasteiger partial charge in [0, 0.05) is 37.2 Å². The minimum atomic E-state index is 0.133. The molecule has 1 N–H and O–H groups in total. The first-order valence-corrected chi connectivity index (χ1v) is 8.28. The Balaban J connectivity index is 1.56. The van der Waals surface area contributed by atoms with Crippen LogP contribution in [0.25, 0.3) is 0 Å². The van der Waals surface area contributed by atoms with Crippen molar-refractivity contribution < 1.29 is 4.79 Å². The summed E-state index contributed by atoms with van der Waals surface area (Å²) in [6, 6.07) is 4.48. The van der Waals surface area contributed by atoms with Crippen LogP contribution in [0.2, 0.25) is 0 Å². The molecule has 2 aliphatic rings. The molecule has 1 unspecified atom stereocenters. The summed E-state index contributed by atoms with van der Waals surface area (Å²) < 4.78 is 0. The zero-order valence-corrected chi connectivity index (χ0v) is 12.6. The van der Waals surface area contributed by atoms with Gasteiger partial charge in [-0.25, -0.2) is 0 Å². The second kappa shape index (κ2) is 6.92. The highest BCUT2D eigenvalue weighted by Gasteiger charge is 2.27. The molecule has 0 bridgehead atoms. The van der Waals surface area contributed by atoms with Crippen LogP contribution in [0, 0.1) is 5.92 Å². The third-order valence-corrected chi connectivity index (χ3v) is 4.77. The van der Waals surface area contributed by atoms with Gasteiger partial charge in [0.2, 0.25) is 5.91 Å². The van der Waals surface area contributed by atoms with Crippen molar-refractivity contribution >= 4 is 11.6 Å². The van der Waals surface area contributed by atoms with E-state index in [0.29, 0.717) is 6.04 Å². The van der Waals surface area contributed by atoms with E-state index in [4.69, 9.17) is 0 Å². The smallest absolute Gasteiger partial charge is 0.225 e. The number of rotatable bonds is 3. The lowest BCUT2D eigenvalue weighted by atomic mass is 9.93. The van der Waals surface area contributed by atoms with E-state index in [0.717, 1.165) is 38.8 Å². The zero-order chi connectivity index (χ0) is 14.5. The number of nitrogens with zero attached hydrogens (tertiary/aromatic N) is 2. The Hall–Kier alpha value is -1.58. The van der Waals surface area contributed by atoms with Crippen molar-refractivity contribution in [3.8, 4) is 0 Å². The van der Waals surface area contributed by atoms with Crippen molar-refractivity contribution in [3.63, 3.8) is 0 Å². The van der Waals surface area contributed by atoms with Gasteiger partial charge >= 0.3 is 0 Å². The first-order chi connectivity index (χ1) is 10.3. The molecule has 1 saturated heterocycles. The van der Waals surface area contributed by atoms with Crippen LogP contribution in [0.3, 0.4) is 0 Å². The number of anilines is 1. The molecule has 1 saturated carbocycles. The number of carbonyl (C=O) groups is 1. The van der Waals surface area contributed by atoms with Crippen molar-refractivity contribution in [2.45, 2.75) is 51.0 Å². The zero-order valence-electron chi connectivity index (χ0n) is 12.6. The topological polar surface area (TPSA) is 45.2 Å². The Bertz CT molecular complexity index is 456. The molecular formula is C17H25N3O. The first kappa shape index (κ1) is 14.4. The van der Waals surface area contributed by atoms with Gasteiger partial charge in [-0.05, 0) is 37.8 Å². The van der Waals surface area contributed by atoms with E-state index in [9.17, 15) is 4.79 Å². The molecular weight excluding hydrogens is 262 g/mol. The van der Waals surface area contributed by atoms with Crippen LogP contribution in [0.4, 0.5) is 5.69 Å². The molecule has 0 spiro atoms. The molecule has 1 aliphatic carbocycles. The summed E-state index contributed by atoms with van der Waals surface area (Å²) in [6.07, 6.45) is 11.9. The molecule has 0 radical (unpaired) electrons. The summed E-state index contributed by atoms with van der Waals surface area (Å²) in [6.45, 7) is 1.87. The average molecular weight is 287 g/mol. The van der Waals surface area contributed by atoms with Crippen LogP contribution >= 0.6 is 0 Å². The van der Waals surface area contributed by atoms with Gasteiger partial charge in [-0.3, -0.25) is 9.78 Å². The summed E-state index contributed by atoms with van der Waals surface area (Å²) in [5.74, 6) is 0.398. The van der Waals surface area contributed by atoms with E-state index in [-0.39, 0.29) is 11.8 Å². The standard InChI is InChI=1S/C17H25N3O/c21-17(19-15-6-2-1-3-7-15)14-5-4-12-20(13-14)16-8-10-18-11-9-16/h8-11,14-15H,1-7,12-13H2,(H,19,21). The summed E-state index contributed by atoms with van der Waals surface area (Å²) in [4.78, 5) is 18.9. The van der Waals surface area contributed by atoms with Gasteiger partial charge in [0.15, 0.2) is 0 Å². The van der Waals surface area contributed by atoms with Gasteiger partial charge in [-0.2, -0.15) is 0 Å². The van der Waals surface area contributed by atoms with Gasteiger partial charge in [0.05, 0.1) is 5.92 Å². The number of carbonyl (C=O) groups excluding carboxylic acids is 1. The molecule has 0 aromatic carbocycles. The highest BCUT2D eigenvalue weighted by molar-refractivity contribution is 5.80. The maximum absolute atomic E-state index is 12.5. The van der Waals surface area contributed by atoms with Gasteiger partial charge in [-0.15, -0.1) is 0 Å². The fourth-order valence-corrected chi connectivity index (χ4v) is 3.55. The molecule has 4 heteroatoms. The van der Waals surface area contributed by atoms with E-state index >= 15 is 0 Å². The highest BCUT2D eigenvalue weighted by atomic mass is 16.2. The van der Waals surface area contributed by atoms with Crippen LogP contribution < -0.4 is 10.2 Å². The number of pyridine rings is 1. The van der Waals surface area contributed by atoms with Gasteiger partial charge in [0.1, 0.15) is 0 Å². The number of piperidine rings is 1. The van der Waals surface area contributed by atoms with Gasteiger partial charge in [0.25, 0.3) is 0 Å². The van der Waals surface area contributed by atoms with E-state index in [2.05, 4.69) is 15.2 Å². The quantitative estimate of drug-likeness (QED) is 0.929.